The summed E-state index contributed by atoms with van der Waals surface area (Å²) in [5, 5.41) is 2.39. The Labute approximate surface area is 280 Å². The van der Waals surface area contributed by atoms with Gasteiger partial charge in [-0.05, 0) is 30.9 Å². The van der Waals surface area contributed by atoms with Crippen molar-refractivity contribution in [2.24, 2.45) is 0 Å². The van der Waals surface area contributed by atoms with Crippen molar-refractivity contribution >= 4 is 11.8 Å². The maximum atomic E-state index is 14.4. The number of hydrogen-bond donors (Lipinski definition) is 1. The van der Waals surface area contributed by atoms with Crippen LogP contribution in [0.2, 0.25) is 0 Å². The number of aromatic nitrogens is 1. The standard InChI is InChI=1S/C37H34F3N3O6/c1-22-12-13-37(21-48-31(49-37)14-23-8-4-2-5-9-23)30-19-42(22)36(46)32-34(47-20-24-10-6-3-7-11-24)33(44)27(18-43(30)32)35(45)41-17-26-28(39)15-25(38)16-29(26)40/h2-11,15-16,18,22,30-31H,12-14,17,19-21H2,1H3,(H,41,45)/t22-,30+,31+,37-/m0/s1. The number of hydrogen-bond acceptors (Lipinski definition) is 6. The maximum absolute atomic E-state index is 14.4. The Morgan fingerprint density at radius 2 is 1.67 bits per heavy atom. The van der Waals surface area contributed by atoms with Gasteiger partial charge in [0.2, 0.25) is 5.43 Å². The average Bonchev–Trinajstić information content (AvgIpc) is 3.45. The molecule has 2 fully saturated rings. The first kappa shape index (κ1) is 32.6. The monoisotopic (exact) mass is 673 g/mol. The molecule has 3 aromatic carbocycles. The first-order valence-electron chi connectivity index (χ1n) is 16.2. The Bertz CT molecular complexity index is 1930. The lowest BCUT2D eigenvalue weighted by Gasteiger charge is -2.42. The van der Waals surface area contributed by atoms with Crippen LogP contribution in [0.3, 0.4) is 0 Å². The minimum Gasteiger partial charge on any atom is -0.483 e. The highest BCUT2D eigenvalue weighted by molar-refractivity contribution is 5.99. The summed E-state index contributed by atoms with van der Waals surface area (Å²) in [4.78, 5) is 43.6. The Balaban J connectivity index is 1.29. The van der Waals surface area contributed by atoms with Crippen LogP contribution in [-0.2, 0) is 29.0 Å². The van der Waals surface area contributed by atoms with E-state index < -0.39 is 70.3 Å². The number of amides is 2. The molecule has 3 aliphatic heterocycles. The first-order valence-corrected chi connectivity index (χ1v) is 16.2. The van der Waals surface area contributed by atoms with Crippen LogP contribution in [0.15, 0.2) is 83.8 Å². The van der Waals surface area contributed by atoms with Gasteiger partial charge in [0.15, 0.2) is 17.7 Å². The zero-order valence-corrected chi connectivity index (χ0v) is 26.7. The summed E-state index contributed by atoms with van der Waals surface area (Å²) in [7, 11) is 0. The summed E-state index contributed by atoms with van der Waals surface area (Å²) >= 11 is 0. The smallest absolute Gasteiger partial charge is 0.274 e. The van der Waals surface area contributed by atoms with Gasteiger partial charge in [-0.2, -0.15) is 0 Å². The fourth-order valence-electron chi connectivity index (χ4n) is 6.94. The fraction of sp³-hybridized carbons (Fsp3) is 0.324. The van der Waals surface area contributed by atoms with Crippen molar-refractivity contribution in [3.05, 3.63) is 135 Å². The summed E-state index contributed by atoms with van der Waals surface area (Å²) in [6, 6.07) is 19.0. The summed E-state index contributed by atoms with van der Waals surface area (Å²) in [5.41, 5.74) is -1.02. The number of rotatable bonds is 8. The molecule has 2 saturated heterocycles. The van der Waals surface area contributed by atoms with Gasteiger partial charge in [-0.1, -0.05) is 60.7 Å². The van der Waals surface area contributed by atoms with E-state index in [4.69, 9.17) is 14.2 Å². The summed E-state index contributed by atoms with van der Waals surface area (Å²) in [6.07, 6.45) is 2.36. The lowest BCUT2D eigenvalue weighted by Crippen LogP contribution is -2.53. The Morgan fingerprint density at radius 3 is 2.37 bits per heavy atom. The molecule has 2 bridgehead atoms. The molecule has 12 heteroatoms. The molecule has 4 atom stereocenters. The van der Waals surface area contributed by atoms with Crippen LogP contribution in [0.1, 0.15) is 63.3 Å². The number of nitrogens with one attached hydrogen (secondary N) is 1. The van der Waals surface area contributed by atoms with Crippen molar-refractivity contribution in [1.82, 2.24) is 14.8 Å². The van der Waals surface area contributed by atoms with E-state index in [1.165, 1.54) is 6.20 Å². The van der Waals surface area contributed by atoms with Gasteiger partial charge in [0.1, 0.15) is 35.2 Å². The van der Waals surface area contributed by atoms with Gasteiger partial charge in [-0.25, -0.2) is 13.2 Å². The summed E-state index contributed by atoms with van der Waals surface area (Å²) in [5.74, 6) is -5.18. The molecular formula is C37H34F3N3O6. The lowest BCUT2D eigenvalue weighted by atomic mass is 9.88. The molecule has 3 aliphatic rings. The molecule has 1 aromatic heterocycles. The van der Waals surface area contributed by atoms with E-state index in [1.54, 1.807) is 33.7 Å². The number of pyridine rings is 1. The van der Waals surface area contributed by atoms with E-state index in [1.807, 2.05) is 43.3 Å². The zero-order chi connectivity index (χ0) is 34.3. The van der Waals surface area contributed by atoms with Crippen LogP contribution in [0, 0.1) is 17.5 Å². The third-order valence-corrected chi connectivity index (χ3v) is 9.61. The molecule has 49 heavy (non-hydrogen) atoms. The lowest BCUT2D eigenvalue weighted by molar-refractivity contribution is -0.108. The van der Waals surface area contributed by atoms with Crippen molar-refractivity contribution in [3.63, 3.8) is 0 Å². The van der Waals surface area contributed by atoms with Crippen molar-refractivity contribution in [1.29, 1.82) is 0 Å². The highest BCUT2D eigenvalue weighted by Gasteiger charge is 2.54. The fourth-order valence-corrected chi connectivity index (χ4v) is 6.94. The van der Waals surface area contributed by atoms with E-state index >= 15 is 0 Å². The van der Waals surface area contributed by atoms with Gasteiger partial charge in [0.05, 0.1) is 12.6 Å². The number of halogens is 3. The Kier molecular flexibility index (Phi) is 8.76. The minimum atomic E-state index is -1.18. The average molecular weight is 674 g/mol. The van der Waals surface area contributed by atoms with E-state index in [0.29, 0.717) is 31.4 Å². The highest BCUT2D eigenvalue weighted by atomic mass is 19.1. The second kappa shape index (κ2) is 13.2. The second-order valence-electron chi connectivity index (χ2n) is 12.7. The number of ether oxygens (including phenoxy) is 3. The first-order chi connectivity index (χ1) is 23.6. The molecule has 7 rings (SSSR count). The number of carbonyl (C=O) groups excluding carboxylic acids is 2. The van der Waals surface area contributed by atoms with Crippen LogP contribution in [0.4, 0.5) is 13.2 Å². The minimum absolute atomic E-state index is 0.0208. The van der Waals surface area contributed by atoms with Crippen LogP contribution < -0.4 is 15.5 Å². The highest BCUT2D eigenvalue weighted by Crippen LogP contribution is 2.46. The number of fused-ring (bicyclic) bond motifs is 5. The third-order valence-electron chi connectivity index (χ3n) is 9.61. The van der Waals surface area contributed by atoms with E-state index in [0.717, 1.165) is 11.1 Å². The Morgan fingerprint density at radius 1 is 1.00 bits per heavy atom. The number of benzene rings is 3. The predicted molar refractivity (Wildman–Crippen MR) is 171 cm³/mol. The summed E-state index contributed by atoms with van der Waals surface area (Å²) in [6.45, 7) is 1.65. The van der Waals surface area contributed by atoms with E-state index in [-0.39, 0.29) is 37.2 Å². The van der Waals surface area contributed by atoms with Gasteiger partial charge in [-0.15, -0.1) is 0 Å². The molecule has 4 aromatic rings. The second-order valence-corrected chi connectivity index (χ2v) is 12.7. The molecule has 0 saturated carbocycles. The predicted octanol–water partition coefficient (Wildman–Crippen LogP) is 5.31. The van der Waals surface area contributed by atoms with Crippen molar-refractivity contribution in [2.75, 3.05) is 13.2 Å². The van der Waals surface area contributed by atoms with Crippen LogP contribution in [-0.4, -0.2) is 52.4 Å². The SMILES string of the molecule is C[C@H]1CC[C@]2(CO[C@@H](Cc3ccccc3)O2)[C@H]2CN1C(=O)c1c(OCc3ccccc3)c(=O)c(C(=O)NCc3c(F)cc(F)cc3F)cn12. The van der Waals surface area contributed by atoms with Gasteiger partial charge in [0.25, 0.3) is 11.8 Å². The molecule has 1 spiro atoms. The van der Waals surface area contributed by atoms with Crippen molar-refractivity contribution in [3.8, 4) is 5.75 Å². The molecule has 9 nitrogen and oxygen atoms in total. The van der Waals surface area contributed by atoms with Gasteiger partial charge in [0, 0.05) is 49.4 Å². The molecule has 0 aliphatic carbocycles. The van der Waals surface area contributed by atoms with Crippen molar-refractivity contribution < 1.29 is 37.0 Å². The molecule has 0 unspecified atom stereocenters. The molecule has 2 amide bonds. The number of nitrogens with zero attached hydrogens (tertiary/aromatic N) is 2. The normalized spacial score (nSPS) is 22.9. The van der Waals surface area contributed by atoms with Crippen molar-refractivity contribution in [2.45, 2.75) is 63.3 Å². The third kappa shape index (κ3) is 6.22. The van der Waals surface area contributed by atoms with E-state index in [9.17, 15) is 27.6 Å². The number of carbonyl (C=O) groups is 2. The quantitative estimate of drug-likeness (QED) is 0.273. The Hall–Kier alpha value is -4.94. The molecule has 254 valence electrons. The van der Waals surface area contributed by atoms with Gasteiger partial charge < -0.3 is 29.0 Å². The molecule has 0 radical (unpaired) electrons. The topological polar surface area (TPSA) is 99.1 Å². The summed E-state index contributed by atoms with van der Waals surface area (Å²) < 4.78 is 62.9. The molecule has 4 heterocycles. The maximum Gasteiger partial charge on any atom is 0.274 e. The largest absolute Gasteiger partial charge is 0.483 e. The van der Waals surface area contributed by atoms with Crippen LogP contribution in [0.25, 0.3) is 0 Å². The van der Waals surface area contributed by atoms with Gasteiger partial charge in [-0.3, -0.25) is 14.4 Å². The van der Waals surface area contributed by atoms with Gasteiger partial charge >= 0.3 is 0 Å². The van der Waals surface area contributed by atoms with Crippen LogP contribution >= 0.6 is 0 Å². The van der Waals surface area contributed by atoms with E-state index in [2.05, 4.69) is 5.32 Å². The molecular weight excluding hydrogens is 639 g/mol. The van der Waals surface area contributed by atoms with Crippen LogP contribution in [0.5, 0.6) is 5.75 Å². The zero-order valence-electron chi connectivity index (χ0n) is 26.7. The molecule has 1 N–H and O–H groups in total.